The van der Waals surface area contributed by atoms with E-state index in [1.165, 1.54) is 10.4 Å². The molecule has 3 aromatic rings. The molecule has 7 heteroatoms. The van der Waals surface area contributed by atoms with Gasteiger partial charge < -0.3 is 4.90 Å². The average Bonchev–Trinajstić information content (AvgIpc) is 2.68. The number of rotatable bonds is 3. The first-order valence-electron chi connectivity index (χ1n) is 8.41. The van der Waals surface area contributed by atoms with Crippen molar-refractivity contribution in [2.75, 3.05) is 31.1 Å². The summed E-state index contributed by atoms with van der Waals surface area (Å²) in [6, 6.07) is 15.4. The van der Waals surface area contributed by atoms with E-state index in [0.29, 0.717) is 37.4 Å². The van der Waals surface area contributed by atoms with Crippen LogP contribution in [0.25, 0.3) is 10.9 Å². The minimum absolute atomic E-state index is 0.218. The monoisotopic (exact) mass is 371 g/mol. The lowest BCUT2D eigenvalue weighted by molar-refractivity contribution is 0.383. The SMILES string of the molecule is O=S(=O)(c1cccc2cccnc12)N1CCN(c2ccccc2F)CC1. The van der Waals surface area contributed by atoms with Crippen LogP contribution in [0.4, 0.5) is 10.1 Å². The molecule has 1 aromatic heterocycles. The smallest absolute Gasteiger partial charge is 0.245 e. The predicted molar refractivity (Wildman–Crippen MR) is 99.1 cm³/mol. The van der Waals surface area contributed by atoms with Crippen LogP contribution in [0, 0.1) is 5.82 Å². The summed E-state index contributed by atoms with van der Waals surface area (Å²) < 4.78 is 41.6. The van der Waals surface area contributed by atoms with E-state index in [9.17, 15) is 12.8 Å². The molecule has 0 amide bonds. The van der Waals surface area contributed by atoms with Gasteiger partial charge in [-0.3, -0.25) is 4.98 Å². The first-order chi connectivity index (χ1) is 12.6. The van der Waals surface area contributed by atoms with Gasteiger partial charge in [0.2, 0.25) is 10.0 Å². The highest BCUT2D eigenvalue weighted by atomic mass is 32.2. The van der Waals surface area contributed by atoms with Crippen LogP contribution in [0.2, 0.25) is 0 Å². The van der Waals surface area contributed by atoms with Crippen molar-refractivity contribution in [1.29, 1.82) is 0 Å². The van der Waals surface area contributed by atoms with Crippen molar-refractivity contribution in [3.8, 4) is 0 Å². The Hall–Kier alpha value is -2.51. The second-order valence-electron chi connectivity index (χ2n) is 6.17. The van der Waals surface area contributed by atoms with E-state index in [2.05, 4.69) is 4.98 Å². The van der Waals surface area contributed by atoms with Gasteiger partial charge >= 0.3 is 0 Å². The minimum Gasteiger partial charge on any atom is -0.367 e. The molecular formula is C19H18FN3O2S. The fourth-order valence-electron chi connectivity index (χ4n) is 3.30. The number of halogens is 1. The number of nitrogens with zero attached hydrogens (tertiary/aromatic N) is 3. The molecule has 0 saturated carbocycles. The van der Waals surface area contributed by atoms with Gasteiger partial charge in [-0.1, -0.05) is 30.3 Å². The van der Waals surface area contributed by atoms with Gasteiger partial charge in [0.25, 0.3) is 0 Å². The zero-order valence-corrected chi connectivity index (χ0v) is 14.9. The van der Waals surface area contributed by atoms with Crippen molar-refractivity contribution < 1.29 is 12.8 Å². The normalized spacial score (nSPS) is 16.1. The van der Waals surface area contributed by atoms with Crippen LogP contribution in [0.1, 0.15) is 0 Å². The number of sulfonamides is 1. The summed E-state index contributed by atoms with van der Waals surface area (Å²) >= 11 is 0. The van der Waals surface area contributed by atoms with E-state index in [1.54, 1.807) is 42.6 Å². The highest BCUT2D eigenvalue weighted by Crippen LogP contribution is 2.26. The van der Waals surface area contributed by atoms with Crippen LogP contribution < -0.4 is 4.90 Å². The number of hydrogen-bond donors (Lipinski definition) is 0. The molecule has 1 aliphatic heterocycles. The molecule has 5 nitrogen and oxygen atoms in total. The number of fused-ring (bicyclic) bond motifs is 1. The summed E-state index contributed by atoms with van der Waals surface area (Å²) in [6.45, 7) is 1.50. The van der Waals surface area contributed by atoms with Crippen LogP contribution in [-0.4, -0.2) is 43.9 Å². The van der Waals surface area contributed by atoms with Crippen molar-refractivity contribution >= 4 is 26.6 Å². The lowest BCUT2D eigenvalue weighted by Gasteiger charge is -2.35. The van der Waals surface area contributed by atoms with Crippen LogP contribution in [0.5, 0.6) is 0 Å². The Morgan fingerprint density at radius 2 is 1.62 bits per heavy atom. The zero-order valence-electron chi connectivity index (χ0n) is 14.0. The first-order valence-corrected chi connectivity index (χ1v) is 9.85. The molecule has 0 aliphatic carbocycles. The molecule has 2 aromatic carbocycles. The lowest BCUT2D eigenvalue weighted by atomic mass is 10.2. The Labute approximate surface area is 151 Å². The molecule has 0 unspecified atom stereocenters. The van der Waals surface area contributed by atoms with Crippen molar-refractivity contribution in [1.82, 2.24) is 9.29 Å². The number of anilines is 1. The van der Waals surface area contributed by atoms with Gasteiger partial charge in [0, 0.05) is 37.8 Å². The molecule has 26 heavy (non-hydrogen) atoms. The van der Waals surface area contributed by atoms with E-state index >= 15 is 0 Å². The molecule has 4 rings (SSSR count). The van der Waals surface area contributed by atoms with E-state index < -0.39 is 10.0 Å². The van der Waals surface area contributed by atoms with Crippen molar-refractivity contribution in [3.05, 3.63) is 66.6 Å². The largest absolute Gasteiger partial charge is 0.367 e. The number of benzene rings is 2. The molecule has 1 aliphatic rings. The van der Waals surface area contributed by atoms with Crippen molar-refractivity contribution in [2.24, 2.45) is 0 Å². The first kappa shape index (κ1) is 16.9. The molecule has 0 atom stereocenters. The molecule has 0 bridgehead atoms. The summed E-state index contributed by atoms with van der Waals surface area (Å²) in [5.74, 6) is -0.290. The van der Waals surface area contributed by atoms with Crippen molar-refractivity contribution in [3.63, 3.8) is 0 Å². The maximum Gasteiger partial charge on any atom is 0.245 e. The Bertz CT molecular complexity index is 1040. The molecule has 1 saturated heterocycles. The van der Waals surface area contributed by atoms with Gasteiger partial charge in [0.15, 0.2) is 0 Å². The summed E-state index contributed by atoms with van der Waals surface area (Å²) in [5, 5.41) is 0.790. The second kappa shape index (κ2) is 6.66. The van der Waals surface area contributed by atoms with Crippen LogP contribution in [0.3, 0.4) is 0 Å². The van der Waals surface area contributed by atoms with Gasteiger partial charge in [0.1, 0.15) is 10.7 Å². The van der Waals surface area contributed by atoms with Crippen LogP contribution in [-0.2, 0) is 10.0 Å². The molecule has 0 N–H and O–H groups in total. The minimum atomic E-state index is -3.65. The number of para-hydroxylation sites is 2. The summed E-state index contributed by atoms with van der Waals surface area (Å²) in [6.07, 6.45) is 1.59. The van der Waals surface area contributed by atoms with Crippen molar-refractivity contribution in [2.45, 2.75) is 4.90 Å². The Morgan fingerprint density at radius 1 is 0.885 bits per heavy atom. The average molecular weight is 371 g/mol. The van der Waals surface area contributed by atoms with E-state index in [0.717, 1.165) is 5.39 Å². The quantitative estimate of drug-likeness (QED) is 0.710. The molecule has 1 fully saturated rings. The van der Waals surface area contributed by atoms with E-state index in [4.69, 9.17) is 0 Å². The molecule has 0 spiro atoms. The standard InChI is InChI=1S/C19H18FN3O2S/c20-16-7-1-2-8-17(16)22-11-13-23(14-12-22)26(24,25)18-9-3-5-15-6-4-10-21-19(15)18/h1-10H,11-14H2. The maximum atomic E-state index is 14.0. The number of hydrogen-bond acceptors (Lipinski definition) is 4. The van der Waals surface area contributed by atoms with Gasteiger partial charge in [-0.2, -0.15) is 4.31 Å². The Morgan fingerprint density at radius 3 is 2.38 bits per heavy atom. The van der Waals surface area contributed by atoms with Gasteiger partial charge in [-0.05, 0) is 24.3 Å². The van der Waals surface area contributed by atoms with E-state index in [1.807, 2.05) is 17.0 Å². The summed E-state index contributed by atoms with van der Waals surface area (Å²) in [5.41, 5.74) is 0.989. The summed E-state index contributed by atoms with van der Waals surface area (Å²) in [7, 11) is -3.65. The third-order valence-corrected chi connectivity index (χ3v) is 6.58. The zero-order chi connectivity index (χ0) is 18.1. The summed E-state index contributed by atoms with van der Waals surface area (Å²) in [4.78, 5) is 6.35. The van der Waals surface area contributed by atoms with Crippen LogP contribution in [0.15, 0.2) is 65.7 Å². The van der Waals surface area contributed by atoms with Crippen LogP contribution >= 0.6 is 0 Å². The highest BCUT2D eigenvalue weighted by molar-refractivity contribution is 7.89. The van der Waals surface area contributed by atoms with Gasteiger partial charge in [0.05, 0.1) is 11.2 Å². The predicted octanol–water partition coefficient (Wildman–Crippen LogP) is 2.88. The number of pyridine rings is 1. The molecule has 134 valence electrons. The molecule has 0 radical (unpaired) electrons. The number of piperazine rings is 1. The van der Waals surface area contributed by atoms with Gasteiger partial charge in [-0.15, -0.1) is 0 Å². The maximum absolute atomic E-state index is 14.0. The fraction of sp³-hybridized carbons (Fsp3) is 0.211. The highest BCUT2D eigenvalue weighted by Gasteiger charge is 2.30. The molecular weight excluding hydrogens is 353 g/mol. The van der Waals surface area contributed by atoms with Gasteiger partial charge in [-0.25, -0.2) is 12.8 Å². The molecule has 2 heterocycles. The lowest BCUT2D eigenvalue weighted by Crippen LogP contribution is -2.49. The fourth-order valence-corrected chi connectivity index (χ4v) is 4.89. The second-order valence-corrected chi connectivity index (χ2v) is 8.08. The Kier molecular flexibility index (Phi) is 4.34. The third-order valence-electron chi connectivity index (χ3n) is 4.65. The third kappa shape index (κ3) is 2.93. The Balaban J connectivity index is 1.60. The van der Waals surface area contributed by atoms with E-state index in [-0.39, 0.29) is 10.7 Å². The number of aromatic nitrogens is 1. The topological polar surface area (TPSA) is 53.5 Å².